The number of hydrogen-bond donors (Lipinski definition) is 0. The van der Waals surface area contributed by atoms with Crippen molar-refractivity contribution in [1.29, 1.82) is 0 Å². The third-order valence-corrected chi connectivity index (χ3v) is 18.3. The molecule has 2 aromatic heterocycles. The Morgan fingerprint density at radius 3 is 1.85 bits per heavy atom. The molecule has 9 aromatic carbocycles. The summed E-state index contributed by atoms with van der Waals surface area (Å²) in [6.07, 6.45) is 9.21. The second kappa shape index (κ2) is 18.4. The average Bonchev–Trinajstić information content (AvgIpc) is 4.04. The molecule has 0 N–H and O–H groups in total. The lowest BCUT2D eigenvalue weighted by atomic mass is 9.66. The normalized spacial score (nSPS) is 17.0. The summed E-state index contributed by atoms with van der Waals surface area (Å²) < 4.78 is 5.10. The lowest BCUT2D eigenvalue weighted by Crippen LogP contribution is -2.31. The molecule has 2 bridgehead atoms. The predicted molar refractivity (Wildman–Crippen MR) is 315 cm³/mol. The van der Waals surface area contributed by atoms with Crippen molar-refractivity contribution >= 4 is 70.4 Å². The molecule has 2 aliphatic carbocycles. The van der Waals surface area contributed by atoms with Crippen LogP contribution in [0.1, 0.15) is 114 Å². The van der Waals surface area contributed by atoms with Crippen LogP contribution in [-0.4, -0.2) is 4.57 Å². The lowest BCUT2D eigenvalue weighted by molar-refractivity contribution is 0.290. The van der Waals surface area contributed by atoms with E-state index in [2.05, 4.69) is 238 Å². The van der Waals surface area contributed by atoms with E-state index in [9.17, 15) is 0 Å². The Balaban J connectivity index is 0.832. The summed E-state index contributed by atoms with van der Waals surface area (Å²) in [7, 11) is 0. The number of thiophene rings is 1. The van der Waals surface area contributed by atoms with Crippen LogP contribution < -0.4 is 4.90 Å². The summed E-state index contributed by atoms with van der Waals surface area (Å²) in [6, 6.07) is 74.1. The molecule has 2 nitrogen and oxygen atoms in total. The molecule has 0 aliphatic heterocycles. The van der Waals surface area contributed by atoms with Crippen molar-refractivity contribution in [3.8, 4) is 39.1 Å². The van der Waals surface area contributed by atoms with E-state index < -0.39 is 0 Å². The Labute approximate surface area is 435 Å². The summed E-state index contributed by atoms with van der Waals surface area (Å²) in [6.45, 7) is 11.9. The predicted octanol–water partition coefficient (Wildman–Crippen LogP) is 20.8. The van der Waals surface area contributed by atoms with Gasteiger partial charge in [-0.15, -0.1) is 11.3 Å². The topological polar surface area (TPSA) is 8.17 Å². The quantitative estimate of drug-likeness (QED) is 0.105. The maximum absolute atomic E-state index is 2.59. The standard InChI is InChI=1S/C70H64N2S/c1-6-7-8-9-10-15-53-40-46(4)50-26-36-58-59-37-27-52(43-65(59)70(53,5)64(58)42-50)49-24-33-56(34-25-49)71(54-29-20-47(21-30-54)45(2)3)55-31-22-48(23-32-55)51-28-38-67-62(41-51)60-16-11-13-18-66(60)72(67)57-35-39-69-63(44-57)61-17-12-14-19-68(61)73-69/h11-14,16-39,41-46,53H,6-10,15,40H2,1-5H3. The minimum atomic E-state index is 0.0114. The van der Waals surface area contributed by atoms with Gasteiger partial charge in [0, 0.05) is 59.1 Å². The molecule has 11 aromatic rings. The van der Waals surface area contributed by atoms with E-state index in [1.807, 2.05) is 11.3 Å². The van der Waals surface area contributed by atoms with E-state index in [0.29, 0.717) is 17.8 Å². The van der Waals surface area contributed by atoms with Crippen molar-refractivity contribution < 1.29 is 0 Å². The Hall–Kier alpha value is -7.20. The first-order valence-corrected chi connectivity index (χ1v) is 27.9. The van der Waals surface area contributed by atoms with Crippen LogP contribution in [0.5, 0.6) is 0 Å². The van der Waals surface area contributed by atoms with Crippen LogP contribution in [0.15, 0.2) is 194 Å². The van der Waals surface area contributed by atoms with Crippen LogP contribution >= 0.6 is 11.3 Å². The van der Waals surface area contributed by atoms with E-state index in [1.165, 1.54) is 143 Å². The molecule has 0 saturated heterocycles. The van der Waals surface area contributed by atoms with Crippen molar-refractivity contribution in [1.82, 2.24) is 4.57 Å². The third kappa shape index (κ3) is 7.73. The second-order valence-corrected chi connectivity index (χ2v) is 22.9. The van der Waals surface area contributed by atoms with Crippen molar-refractivity contribution in [2.45, 2.75) is 96.8 Å². The smallest absolute Gasteiger partial charge is 0.0541 e. The lowest BCUT2D eigenvalue weighted by Gasteiger charge is -2.36. The first-order valence-electron chi connectivity index (χ1n) is 27.1. The Bertz CT molecular complexity index is 3850. The average molecular weight is 965 g/mol. The summed E-state index contributed by atoms with van der Waals surface area (Å²) in [5.41, 5.74) is 20.9. The fraction of sp³-hybridized carbons (Fsp3) is 0.229. The zero-order valence-electron chi connectivity index (χ0n) is 43.0. The van der Waals surface area contributed by atoms with Gasteiger partial charge in [0.1, 0.15) is 0 Å². The monoisotopic (exact) mass is 964 g/mol. The van der Waals surface area contributed by atoms with Gasteiger partial charge in [0.2, 0.25) is 0 Å². The molecule has 13 rings (SSSR count). The van der Waals surface area contributed by atoms with Crippen LogP contribution in [0.25, 0.3) is 81.0 Å². The van der Waals surface area contributed by atoms with Crippen LogP contribution in [-0.2, 0) is 5.41 Å². The largest absolute Gasteiger partial charge is 0.311 e. The summed E-state index contributed by atoms with van der Waals surface area (Å²) in [5.74, 6) is 1.66. The molecule has 0 spiro atoms. The van der Waals surface area contributed by atoms with Gasteiger partial charge in [0.05, 0.1) is 11.0 Å². The zero-order valence-corrected chi connectivity index (χ0v) is 43.8. The SMILES string of the molecule is CCCCCCCC1CC(C)c2ccc3c(c2)C1(C)c1cc(-c2ccc(N(c4ccc(-c5ccc6c(c5)c5ccccc5n6-c5ccc6sc7ccccc7c6c5)cc4)c4ccc(C(C)C)cc4)cc2)ccc1-3. The highest BCUT2D eigenvalue weighted by atomic mass is 32.1. The van der Waals surface area contributed by atoms with Gasteiger partial charge >= 0.3 is 0 Å². The molecule has 360 valence electrons. The molecule has 0 fully saturated rings. The van der Waals surface area contributed by atoms with Gasteiger partial charge in [0.25, 0.3) is 0 Å². The molecular formula is C70H64N2S. The minimum absolute atomic E-state index is 0.0114. The number of fused-ring (bicyclic) bond motifs is 10. The van der Waals surface area contributed by atoms with Crippen molar-refractivity contribution in [2.24, 2.45) is 5.92 Å². The van der Waals surface area contributed by atoms with Crippen LogP contribution in [0.3, 0.4) is 0 Å². The van der Waals surface area contributed by atoms with E-state index in [-0.39, 0.29) is 5.41 Å². The van der Waals surface area contributed by atoms with E-state index >= 15 is 0 Å². The number of anilines is 3. The maximum atomic E-state index is 2.59. The first-order chi connectivity index (χ1) is 35.7. The zero-order chi connectivity index (χ0) is 49.4. The third-order valence-electron chi connectivity index (χ3n) is 17.2. The highest BCUT2D eigenvalue weighted by Crippen LogP contribution is 2.58. The Morgan fingerprint density at radius 2 is 1.12 bits per heavy atom. The number of benzene rings is 9. The molecule has 0 amide bonds. The van der Waals surface area contributed by atoms with Crippen LogP contribution in [0.2, 0.25) is 0 Å². The number of rotatable bonds is 13. The Morgan fingerprint density at radius 1 is 0.534 bits per heavy atom. The molecule has 2 aliphatic rings. The molecule has 0 saturated carbocycles. The van der Waals surface area contributed by atoms with Gasteiger partial charge in [-0.25, -0.2) is 0 Å². The second-order valence-electron chi connectivity index (χ2n) is 21.8. The van der Waals surface area contributed by atoms with Crippen LogP contribution in [0.4, 0.5) is 17.1 Å². The molecule has 0 radical (unpaired) electrons. The Kier molecular flexibility index (Phi) is 11.5. The summed E-state index contributed by atoms with van der Waals surface area (Å²) >= 11 is 1.87. The molecule has 73 heavy (non-hydrogen) atoms. The first kappa shape index (κ1) is 45.6. The fourth-order valence-corrected chi connectivity index (χ4v) is 14.1. The maximum Gasteiger partial charge on any atom is 0.0541 e. The van der Waals surface area contributed by atoms with Crippen molar-refractivity contribution in [3.05, 3.63) is 216 Å². The van der Waals surface area contributed by atoms with Crippen molar-refractivity contribution in [3.63, 3.8) is 0 Å². The highest BCUT2D eigenvalue weighted by Gasteiger charge is 2.47. The van der Waals surface area contributed by atoms with Gasteiger partial charge in [-0.3, -0.25) is 0 Å². The number of aromatic nitrogens is 1. The van der Waals surface area contributed by atoms with Crippen LogP contribution in [0, 0.1) is 5.92 Å². The fourth-order valence-electron chi connectivity index (χ4n) is 13.1. The van der Waals surface area contributed by atoms with Gasteiger partial charge in [-0.05, 0) is 171 Å². The number of nitrogens with zero attached hydrogens (tertiary/aromatic N) is 2. The molecule has 3 unspecified atom stereocenters. The molecular weight excluding hydrogens is 901 g/mol. The number of hydrogen-bond acceptors (Lipinski definition) is 2. The summed E-state index contributed by atoms with van der Waals surface area (Å²) in [4.78, 5) is 2.41. The minimum Gasteiger partial charge on any atom is -0.311 e. The van der Waals surface area contributed by atoms with E-state index in [1.54, 1.807) is 5.56 Å². The van der Waals surface area contributed by atoms with Gasteiger partial charge < -0.3 is 9.47 Å². The highest BCUT2D eigenvalue weighted by molar-refractivity contribution is 7.25. The molecule has 2 heterocycles. The van der Waals surface area contributed by atoms with Crippen molar-refractivity contribution in [2.75, 3.05) is 4.90 Å². The molecule has 3 atom stereocenters. The number of para-hydroxylation sites is 1. The summed E-state index contributed by atoms with van der Waals surface area (Å²) in [5, 5.41) is 5.16. The number of unbranched alkanes of at least 4 members (excludes halogenated alkanes) is 4. The molecule has 3 heteroatoms. The van der Waals surface area contributed by atoms with Gasteiger partial charge in [-0.1, -0.05) is 176 Å². The van der Waals surface area contributed by atoms with Gasteiger partial charge in [0.15, 0.2) is 0 Å². The van der Waals surface area contributed by atoms with E-state index in [0.717, 1.165) is 17.1 Å². The van der Waals surface area contributed by atoms with Gasteiger partial charge in [-0.2, -0.15) is 0 Å². The van der Waals surface area contributed by atoms with E-state index in [4.69, 9.17) is 0 Å².